The molecule has 0 spiro atoms. The van der Waals surface area contributed by atoms with Crippen LogP contribution in [0.15, 0.2) is 54.7 Å². The molecule has 0 bridgehead atoms. The number of nitrogens with zero attached hydrogens (tertiary/aromatic N) is 1. The van der Waals surface area contributed by atoms with Crippen LogP contribution in [0.25, 0.3) is 22.0 Å². The summed E-state index contributed by atoms with van der Waals surface area (Å²) in [5.41, 5.74) is 5.69. The van der Waals surface area contributed by atoms with Gasteiger partial charge < -0.3 is 9.31 Å². The van der Waals surface area contributed by atoms with Crippen LogP contribution in [0.1, 0.15) is 19.4 Å². The first-order valence-electron chi connectivity index (χ1n) is 8.39. The molecule has 1 aliphatic rings. The van der Waals surface area contributed by atoms with Crippen LogP contribution in [-0.2, 0) is 9.31 Å². The zero-order valence-corrected chi connectivity index (χ0v) is 14.2. The molecule has 1 aromatic heterocycles. The molecule has 0 saturated carbocycles. The van der Waals surface area contributed by atoms with Crippen molar-refractivity contribution in [3.05, 3.63) is 60.3 Å². The summed E-state index contributed by atoms with van der Waals surface area (Å²) < 4.78 is 11.7. The van der Waals surface area contributed by atoms with Gasteiger partial charge in [0.25, 0.3) is 0 Å². The van der Waals surface area contributed by atoms with Gasteiger partial charge in [-0.25, -0.2) is 0 Å². The zero-order valence-electron chi connectivity index (χ0n) is 14.2. The van der Waals surface area contributed by atoms with Gasteiger partial charge in [0.1, 0.15) is 0 Å². The molecule has 1 saturated heterocycles. The Morgan fingerprint density at radius 3 is 2.33 bits per heavy atom. The summed E-state index contributed by atoms with van der Waals surface area (Å²) in [7, 11) is -0.263. The molecule has 0 aliphatic carbocycles. The Hall–Kier alpha value is -2.17. The number of rotatable bonds is 2. The number of aryl methyl sites for hydroxylation is 1. The van der Waals surface area contributed by atoms with E-state index in [0.717, 1.165) is 11.0 Å². The predicted molar refractivity (Wildman–Crippen MR) is 98.4 cm³/mol. The molecular formula is C20H20BNO2. The molecule has 1 fully saturated rings. The third kappa shape index (κ3) is 2.62. The first-order chi connectivity index (χ1) is 11.6. The lowest BCUT2D eigenvalue weighted by Crippen LogP contribution is -2.32. The van der Waals surface area contributed by atoms with Crippen molar-refractivity contribution in [1.82, 2.24) is 4.98 Å². The minimum atomic E-state index is -0.263. The molecule has 2 aromatic carbocycles. The van der Waals surface area contributed by atoms with Crippen LogP contribution in [0, 0.1) is 6.92 Å². The fourth-order valence-electron chi connectivity index (χ4n) is 3.19. The van der Waals surface area contributed by atoms with E-state index in [0.29, 0.717) is 0 Å². The molecule has 1 aliphatic heterocycles. The highest BCUT2D eigenvalue weighted by atomic mass is 16.7. The van der Waals surface area contributed by atoms with Crippen molar-refractivity contribution in [1.29, 1.82) is 0 Å². The summed E-state index contributed by atoms with van der Waals surface area (Å²) in [6.07, 6.45) is 2.10. The molecule has 3 aromatic rings. The molecule has 24 heavy (non-hydrogen) atoms. The van der Waals surface area contributed by atoms with Crippen molar-refractivity contribution < 1.29 is 9.31 Å². The van der Waals surface area contributed by atoms with E-state index in [4.69, 9.17) is 9.31 Å². The number of aromatic nitrogens is 1. The molecule has 2 heterocycles. The lowest BCUT2D eigenvalue weighted by Gasteiger charge is -2.10. The Kier molecular flexibility index (Phi) is 3.87. The standard InChI is InChI=1S/C20H20BNO2/c1-13-6-11-18(19-5-4-12-22-20(13)19)16-7-9-17(10-8-16)21-23-14(2)15(3)24-21/h4-12,14-15H,1-3H3. The van der Waals surface area contributed by atoms with E-state index in [9.17, 15) is 0 Å². The number of fused-ring (bicyclic) bond motifs is 1. The Morgan fingerprint density at radius 2 is 1.62 bits per heavy atom. The summed E-state index contributed by atoms with van der Waals surface area (Å²) in [6.45, 7) is 6.19. The fourth-order valence-corrected chi connectivity index (χ4v) is 3.19. The lowest BCUT2D eigenvalue weighted by atomic mass is 9.78. The molecule has 2 unspecified atom stereocenters. The van der Waals surface area contributed by atoms with Crippen LogP contribution < -0.4 is 5.46 Å². The normalized spacial score (nSPS) is 20.7. The Labute approximate surface area is 142 Å². The van der Waals surface area contributed by atoms with E-state index in [1.807, 2.05) is 26.1 Å². The second-order valence-electron chi connectivity index (χ2n) is 6.47. The Bertz CT molecular complexity index is 868. The average molecular weight is 317 g/mol. The summed E-state index contributed by atoms with van der Waals surface area (Å²) in [5, 5.41) is 1.18. The van der Waals surface area contributed by atoms with Gasteiger partial charge in [0, 0.05) is 11.6 Å². The molecule has 4 heteroatoms. The lowest BCUT2D eigenvalue weighted by molar-refractivity contribution is 0.187. The number of hydrogen-bond donors (Lipinski definition) is 0. The van der Waals surface area contributed by atoms with Gasteiger partial charge in [-0.2, -0.15) is 0 Å². The van der Waals surface area contributed by atoms with Crippen molar-refractivity contribution in [2.45, 2.75) is 33.0 Å². The highest BCUT2D eigenvalue weighted by Crippen LogP contribution is 2.29. The van der Waals surface area contributed by atoms with E-state index in [1.54, 1.807) is 0 Å². The smallest absolute Gasteiger partial charge is 0.402 e. The van der Waals surface area contributed by atoms with Gasteiger partial charge in [-0.15, -0.1) is 0 Å². The second-order valence-corrected chi connectivity index (χ2v) is 6.47. The highest BCUT2D eigenvalue weighted by Gasteiger charge is 2.35. The van der Waals surface area contributed by atoms with Gasteiger partial charge >= 0.3 is 7.12 Å². The van der Waals surface area contributed by atoms with Gasteiger partial charge in [0.15, 0.2) is 0 Å². The Morgan fingerprint density at radius 1 is 0.917 bits per heavy atom. The Balaban J connectivity index is 1.70. The second kappa shape index (κ2) is 6.04. The maximum atomic E-state index is 5.86. The van der Waals surface area contributed by atoms with Crippen molar-refractivity contribution in [3.8, 4) is 11.1 Å². The highest BCUT2D eigenvalue weighted by molar-refractivity contribution is 6.61. The van der Waals surface area contributed by atoms with Crippen LogP contribution in [0.4, 0.5) is 0 Å². The molecule has 4 rings (SSSR count). The quantitative estimate of drug-likeness (QED) is 0.675. The van der Waals surface area contributed by atoms with E-state index in [2.05, 4.69) is 54.4 Å². The van der Waals surface area contributed by atoms with Crippen LogP contribution in [0.2, 0.25) is 0 Å². The minimum absolute atomic E-state index is 0.127. The molecule has 0 N–H and O–H groups in total. The summed E-state index contributed by atoms with van der Waals surface area (Å²) in [6, 6.07) is 16.9. The van der Waals surface area contributed by atoms with Gasteiger partial charge in [-0.3, -0.25) is 4.98 Å². The zero-order chi connectivity index (χ0) is 16.7. The summed E-state index contributed by atoms with van der Waals surface area (Å²) in [4.78, 5) is 4.52. The van der Waals surface area contributed by atoms with Crippen molar-refractivity contribution in [3.63, 3.8) is 0 Å². The largest absolute Gasteiger partial charge is 0.494 e. The number of hydrogen-bond acceptors (Lipinski definition) is 3. The molecule has 0 radical (unpaired) electrons. The average Bonchev–Trinajstić information content (AvgIpc) is 2.95. The summed E-state index contributed by atoms with van der Waals surface area (Å²) >= 11 is 0. The minimum Gasteiger partial charge on any atom is -0.402 e. The van der Waals surface area contributed by atoms with Crippen LogP contribution >= 0.6 is 0 Å². The topological polar surface area (TPSA) is 31.4 Å². The van der Waals surface area contributed by atoms with E-state index in [1.165, 1.54) is 22.1 Å². The SMILES string of the molecule is Cc1ccc(-c2ccc(B3OC(C)C(C)O3)cc2)c2cccnc12. The molecule has 120 valence electrons. The van der Waals surface area contributed by atoms with E-state index in [-0.39, 0.29) is 19.3 Å². The van der Waals surface area contributed by atoms with Gasteiger partial charge in [-0.1, -0.05) is 42.5 Å². The van der Waals surface area contributed by atoms with E-state index >= 15 is 0 Å². The van der Waals surface area contributed by atoms with Crippen molar-refractivity contribution >= 4 is 23.5 Å². The first kappa shape index (κ1) is 15.4. The van der Waals surface area contributed by atoms with Crippen LogP contribution in [0.5, 0.6) is 0 Å². The van der Waals surface area contributed by atoms with Crippen molar-refractivity contribution in [2.24, 2.45) is 0 Å². The number of benzene rings is 2. The third-order valence-electron chi connectivity index (χ3n) is 4.80. The molecule has 2 atom stereocenters. The van der Waals surface area contributed by atoms with E-state index < -0.39 is 0 Å². The molecule has 3 nitrogen and oxygen atoms in total. The maximum Gasteiger partial charge on any atom is 0.494 e. The van der Waals surface area contributed by atoms with Gasteiger partial charge in [-0.05, 0) is 49.0 Å². The number of pyridine rings is 1. The maximum absolute atomic E-state index is 5.86. The van der Waals surface area contributed by atoms with Gasteiger partial charge in [0.05, 0.1) is 17.7 Å². The fraction of sp³-hybridized carbons (Fsp3) is 0.250. The molecular weight excluding hydrogens is 297 g/mol. The van der Waals surface area contributed by atoms with Crippen molar-refractivity contribution in [2.75, 3.05) is 0 Å². The molecule has 0 amide bonds. The first-order valence-corrected chi connectivity index (χ1v) is 8.39. The third-order valence-corrected chi connectivity index (χ3v) is 4.80. The summed E-state index contributed by atoms with van der Waals surface area (Å²) in [5.74, 6) is 0. The van der Waals surface area contributed by atoms with Crippen LogP contribution in [-0.4, -0.2) is 24.3 Å². The van der Waals surface area contributed by atoms with Crippen LogP contribution in [0.3, 0.4) is 0 Å². The monoisotopic (exact) mass is 317 g/mol. The predicted octanol–water partition coefficient (Wildman–Crippen LogP) is 3.73. The van der Waals surface area contributed by atoms with Gasteiger partial charge in [0.2, 0.25) is 0 Å².